The minimum atomic E-state index is -0.708. The van der Waals surface area contributed by atoms with E-state index in [1.54, 1.807) is 13.8 Å². The predicted octanol–water partition coefficient (Wildman–Crippen LogP) is 5.50. The molecule has 1 N–H and O–H groups in total. The molecule has 0 radical (unpaired) electrons. The molecule has 4 rings (SSSR count). The summed E-state index contributed by atoms with van der Waals surface area (Å²) >= 11 is 0. The molecular formula is C25H25FN2O3. The van der Waals surface area contributed by atoms with Crippen molar-refractivity contribution in [3.8, 4) is 0 Å². The zero-order chi connectivity index (χ0) is 22.3. The van der Waals surface area contributed by atoms with Crippen LogP contribution in [0.2, 0.25) is 0 Å². The van der Waals surface area contributed by atoms with Gasteiger partial charge in [0.2, 0.25) is 0 Å². The van der Waals surface area contributed by atoms with Gasteiger partial charge in [0.25, 0.3) is 0 Å². The number of hydrogen-bond donors (Lipinski definition) is 1. The van der Waals surface area contributed by atoms with Gasteiger partial charge >= 0.3 is 0 Å². The summed E-state index contributed by atoms with van der Waals surface area (Å²) in [5.74, 6) is -0.472. The summed E-state index contributed by atoms with van der Waals surface area (Å²) in [7, 11) is 0. The smallest absolute Gasteiger partial charge is 0.195 e. The highest BCUT2D eigenvalue weighted by Gasteiger charge is 2.36. The fraction of sp³-hybridized carbons (Fsp3) is 0.400. The van der Waals surface area contributed by atoms with Crippen molar-refractivity contribution in [3.63, 3.8) is 0 Å². The SMILES string of the molecule is [C-]#[N+]C1=C(C)NC(C)=C(C(=O)CCC2CCC2)C1c1ccc(F)c2c(=O)cc(C)oc12. The van der Waals surface area contributed by atoms with Gasteiger partial charge in [0.05, 0.1) is 12.5 Å². The van der Waals surface area contributed by atoms with Gasteiger partial charge in [-0.25, -0.2) is 9.24 Å². The van der Waals surface area contributed by atoms with Crippen molar-refractivity contribution in [2.45, 2.75) is 58.8 Å². The van der Waals surface area contributed by atoms with Crippen molar-refractivity contribution < 1.29 is 13.6 Å². The Morgan fingerprint density at radius 1 is 1.26 bits per heavy atom. The van der Waals surface area contributed by atoms with Crippen LogP contribution in [-0.2, 0) is 4.79 Å². The number of ketones is 1. The first-order chi connectivity index (χ1) is 14.8. The largest absolute Gasteiger partial charge is 0.461 e. The molecule has 0 saturated heterocycles. The maximum Gasteiger partial charge on any atom is 0.195 e. The number of fused-ring (bicyclic) bond motifs is 1. The lowest BCUT2D eigenvalue weighted by atomic mass is 9.77. The van der Waals surface area contributed by atoms with Gasteiger partial charge < -0.3 is 9.73 Å². The highest BCUT2D eigenvalue weighted by Crippen LogP contribution is 2.43. The van der Waals surface area contributed by atoms with Gasteiger partial charge in [-0.15, -0.1) is 0 Å². The van der Waals surface area contributed by atoms with E-state index in [2.05, 4.69) is 10.2 Å². The summed E-state index contributed by atoms with van der Waals surface area (Å²) in [6.45, 7) is 13.0. The maximum atomic E-state index is 14.5. The van der Waals surface area contributed by atoms with Gasteiger partial charge in [-0.1, -0.05) is 25.3 Å². The molecule has 1 unspecified atom stereocenters. The van der Waals surface area contributed by atoms with Crippen LogP contribution in [-0.4, -0.2) is 5.78 Å². The number of nitrogens with one attached hydrogen (secondary N) is 1. The molecule has 31 heavy (non-hydrogen) atoms. The third-order valence-electron chi connectivity index (χ3n) is 6.44. The molecule has 2 aromatic rings. The Morgan fingerprint density at radius 2 is 2.00 bits per heavy atom. The van der Waals surface area contributed by atoms with Crippen LogP contribution in [0.15, 0.2) is 50.1 Å². The van der Waals surface area contributed by atoms with E-state index in [4.69, 9.17) is 11.0 Å². The van der Waals surface area contributed by atoms with Crippen LogP contribution < -0.4 is 10.7 Å². The first-order valence-electron chi connectivity index (χ1n) is 10.6. The minimum absolute atomic E-state index is 0.0250. The van der Waals surface area contributed by atoms with E-state index in [-0.39, 0.29) is 16.8 Å². The van der Waals surface area contributed by atoms with Crippen LogP contribution >= 0.6 is 0 Å². The van der Waals surface area contributed by atoms with Crippen LogP contribution in [0.5, 0.6) is 0 Å². The second-order valence-electron chi connectivity index (χ2n) is 8.54. The summed E-state index contributed by atoms with van der Waals surface area (Å²) < 4.78 is 20.3. The molecule has 1 aromatic carbocycles. The molecule has 0 bridgehead atoms. The van der Waals surface area contributed by atoms with Crippen molar-refractivity contribution in [2.24, 2.45) is 5.92 Å². The topological polar surface area (TPSA) is 63.7 Å². The normalized spacial score (nSPS) is 19.3. The molecule has 1 aliphatic carbocycles. The van der Waals surface area contributed by atoms with Crippen molar-refractivity contribution in [3.05, 3.63) is 79.6 Å². The van der Waals surface area contributed by atoms with Crippen LogP contribution in [0.4, 0.5) is 4.39 Å². The average Bonchev–Trinajstić information content (AvgIpc) is 2.66. The molecule has 1 fully saturated rings. The lowest BCUT2D eigenvalue weighted by molar-refractivity contribution is -0.116. The highest BCUT2D eigenvalue weighted by molar-refractivity contribution is 5.99. The molecule has 0 spiro atoms. The van der Waals surface area contributed by atoms with E-state index in [9.17, 15) is 14.0 Å². The molecule has 2 heterocycles. The molecule has 1 aromatic heterocycles. The van der Waals surface area contributed by atoms with Gasteiger partial charge in [0.15, 0.2) is 16.9 Å². The lowest BCUT2D eigenvalue weighted by Crippen LogP contribution is -2.28. The number of Topliss-reactive ketones (excluding diaryl/α,β-unsaturated/α-hetero) is 1. The monoisotopic (exact) mass is 420 g/mol. The van der Waals surface area contributed by atoms with E-state index < -0.39 is 17.2 Å². The molecule has 0 amide bonds. The van der Waals surface area contributed by atoms with E-state index in [1.807, 2.05) is 6.92 Å². The molecule has 160 valence electrons. The number of rotatable bonds is 5. The number of benzene rings is 1. The Labute approximate surface area is 180 Å². The Morgan fingerprint density at radius 3 is 2.65 bits per heavy atom. The first kappa shape index (κ1) is 21.0. The summed E-state index contributed by atoms with van der Waals surface area (Å²) in [5, 5.41) is 3.02. The Balaban J connectivity index is 1.89. The Kier molecular flexibility index (Phi) is 5.53. The molecule has 5 nitrogen and oxygen atoms in total. The van der Waals surface area contributed by atoms with Crippen LogP contribution in [0.1, 0.15) is 63.2 Å². The number of halogens is 1. The quantitative estimate of drug-likeness (QED) is 0.649. The van der Waals surface area contributed by atoms with Gasteiger partial charge in [-0.05, 0) is 44.7 Å². The lowest BCUT2D eigenvalue weighted by Gasteiger charge is -2.30. The molecule has 2 aliphatic rings. The highest BCUT2D eigenvalue weighted by atomic mass is 19.1. The zero-order valence-electron chi connectivity index (χ0n) is 18.0. The minimum Gasteiger partial charge on any atom is -0.461 e. The van der Waals surface area contributed by atoms with Crippen LogP contribution in [0.3, 0.4) is 0 Å². The van der Waals surface area contributed by atoms with E-state index in [1.165, 1.54) is 24.6 Å². The second kappa shape index (κ2) is 8.14. The number of hydrogen-bond acceptors (Lipinski definition) is 4. The van der Waals surface area contributed by atoms with Crippen LogP contribution in [0, 0.1) is 25.2 Å². The molecule has 6 heteroatoms. The van der Waals surface area contributed by atoms with Gasteiger partial charge in [-0.3, -0.25) is 9.59 Å². The Bertz CT molecular complexity index is 1240. The maximum absolute atomic E-state index is 14.5. The van der Waals surface area contributed by atoms with Crippen molar-refractivity contribution in [2.75, 3.05) is 0 Å². The molecule has 1 aliphatic heterocycles. The summed E-state index contributed by atoms with van der Waals surface area (Å²) in [6, 6.07) is 4.00. The second-order valence-corrected chi connectivity index (χ2v) is 8.54. The average molecular weight is 420 g/mol. The zero-order valence-corrected chi connectivity index (χ0v) is 18.0. The van der Waals surface area contributed by atoms with Crippen molar-refractivity contribution >= 4 is 16.8 Å². The first-order valence-corrected chi connectivity index (χ1v) is 10.6. The summed E-state index contributed by atoms with van der Waals surface area (Å²) in [4.78, 5) is 29.6. The fourth-order valence-corrected chi connectivity index (χ4v) is 4.64. The van der Waals surface area contributed by atoms with Crippen molar-refractivity contribution in [1.82, 2.24) is 5.32 Å². The van der Waals surface area contributed by atoms with E-state index in [0.29, 0.717) is 46.3 Å². The molecule has 1 atom stereocenters. The van der Waals surface area contributed by atoms with Gasteiger partial charge in [0, 0.05) is 29.5 Å². The Hall–Kier alpha value is -3.20. The van der Waals surface area contributed by atoms with E-state index in [0.717, 1.165) is 19.3 Å². The summed E-state index contributed by atoms with van der Waals surface area (Å²) in [6.07, 6.45) is 4.77. The summed E-state index contributed by atoms with van der Waals surface area (Å²) in [5.41, 5.74) is 2.26. The number of aryl methyl sites for hydroxylation is 1. The van der Waals surface area contributed by atoms with Crippen molar-refractivity contribution in [1.29, 1.82) is 0 Å². The number of allylic oxidation sites excluding steroid dienone is 3. The number of dihydropyridines is 1. The number of carbonyl (C=O) groups excluding carboxylic acids is 1. The number of carbonyl (C=O) groups is 1. The van der Waals surface area contributed by atoms with Gasteiger partial charge in [0.1, 0.15) is 22.5 Å². The third-order valence-corrected chi connectivity index (χ3v) is 6.44. The molecular weight excluding hydrogens is 395 g/mol. The predicted molar refractivity (Wildman–Crippen MR) is 117 cm³/mol. The fourth-order valence-electron chi connectivity index (χ4n) is 4.64. The number of nitrogens with zero attached hydrogens (tertiary/aromatic N) is 1. The van der Waals surface area contributed by atoms with Gasteiger partial charge in [-0.2, -0.15) is 0 Å². The molecule has 1 saturated carbocycles. The van der Waals surface area contributed by atoms with Crippen LogP contribution in [0.25, 0.3) is 15.8 Å². The van der Waals surface area contributed by atoms with E-state index >= 15 is 0 Å². The third kappa shape index (κ3) is 3.69. The standard InChI is InChI=1S/C25H25FN2O3/c1-13-12-20(30)23-18(26)10-9-17(25(23)31-13)22-21(14(2)28-15(3)24(22)27-4)19(29)11-8-16-6-5-7-16/h9-10,12,16,22,28H,5-8,11H2,1-3H3.